The number of carbonyl (C=O) groups excluding carboxylic acids is 1. The molecule has 0 fully saturated rings. The van der Waals surface area contributed by atoms with Gasteiger partial charge >= 0.3 is 0 Å². The smallest absolute Gasteiger partial charge is 0.255 e. The van der Waals surface area contributed by atoms with Gasteiger partial charge < -0.3 is 5.32 Å². The fourth-order valence-corrected chi connectivity index (χ4v) is 2.02. The fraction of sp³-hybridized carbons (Fsp3) is 0. The molecule has 0 saturated heterocycles. The van der Waals surface area contributed by atoms with Crippen LogP contribution < -0.4 is 5.32 Å². The molecule has 0 spiro atoms. The average molecular weight is 335 g/mol. The maximum absolute atomic E-state index is 12.1. The predicted octanol–water partition coefficient (Wildman–Crippen LogP) is 4.34. The molecule has 0 aliphatic heterocycles. The summed E-state index contributed by atoms with van der Waals surface area (Å²) in [5.41, 5.74) is 1.89. The van der Waals surface area contributed by atoms with Crippen LogP contribution in [0.25, 0.3) is 0 Å². The second-order valence-corrected chi connectivity index (χ2v) is 5.07. The minimum absolute atomic E-state index is 0.216. The van der Waals surface area contributed by atoms with Crippen LogP contribution in [0.4, 0.5) is 5.69 Å². The van der Waals surface area contributed by atoms with Crippen molar-refractivity contribution in [1.82, 2.24) is 0 Å². The molecular weight excluding hydrogens is 326 g/mol. The summed E-state index contributed by atoms with van der Waals surface area (Å²) in [5.74, 6) is 2.30. The third-order valence-corrected chi connectivity index (χ3v) is 3.68. The Bertz CT molecular complexity index is 676. The van der Waals surface area contributed by atoms with E-state index < -0.39 is 0 Å². The van der Waals surface area contributed by atoms with Crippen molar-refractivity contribution >= 4 is 39.1 Å². The monoisotopic (exact) mass is 333 g/mol. The zero-order chi connectivity index (χ0) is 13.8. The number of benzene rings is 2. The molecule has 4 heteroatoms. The van der Waals surface area contributed by atoms with Crippen LogP contribution in [0.1, 0.15) is 15.9 Å². The van der Waals surface area contributed by atoms with E-state index in [1.165, 1.54) is 0 Å². The standard InChI is InChI=1S/C15H9BrClNO/c1-2-10-4-3-5-12(8-10)18-15(19)11-6-7-14(17)13(16)9-11/h1,3-9H,(H,18,19). The van der Waals surface area contributed by atoms with Crippen molar-refractivity contribution < 1.29 is 4.79 Å². The Hall–Kier alpha value is -1.76. The first-order chi connectivity index (χ1) is 9.10. The normalized spacial score (nSPS) is 9.74. The molecule has 2 nitrogen and oxygen atoms in total. The predicted molar refractivity (Wildman–Crippen MR) is 81.5 cm³/mol. The van der Waals surface area contributed by atoms with Crippen molar-refractivity contribution in [2.24, 2.45) is 0 Å². The molecule has 2 aromatic rings. The third-order valence-electron chi connectivity index (χ3n) is 2.47. The maximum Gasteiger partial charge on any atom is 0.255 e. The molecule has 0 aliphatic rings. The van der Waals surface area contributed by atoms with Gasteiger partial charge in [-0.15, -0.1) is 6.42 Å². The summed E-state index contributed by atoms with van der Waals surface area (Å²) < 4.78 is 0.680. The molecule has 1 amide bonds. The van der Waals surface area contributed by atoms with Gasteiger partial charge in [-0.3, -0.25) is 4.79 Å². The molecule has 2 aromatic carbocycles. The first-order valence-corrected chi connectivity index (χ1v) is 6.60. The number of hydrogen-bond donors (Lipinski definition) is 1. The zero-order valence-electron chi connectivity index (χ0n) is 9.78. The SMILES string of the molecule is C#Cc1cccc(NC(=O)c2ccc(Cl)c(Br)c2)c1. The molecule has 0 heterocycles. The summed E-state index contributed by atoms with van der Waals surface area (Å²) in [5, 5.41) is 3.34. The largest absolute Gasteiger partial charge is 0.322 e. The highest BCUT2D eigenvalue weighted by atomic mass is 79.9. The van der Waals surface area contributed by atoms with Gasteiger partial charge in [-0.2, -0.15) is 0 Å². The molecule has 94 valence electrons. The topological polar surface area (TPSA) is 29.1 Å². The van der Waals surface area contributed by atoms with E-state index in [4.69, 9.17) is 18.0 Å². The highest BCUT2D eigenvalue weighted by Crippen LogP contribution is 2.23. The van der Waals surface area contributed by atoms with Crippen LogP contribution in [0.5, 0.6) is 0 Å². The second kappa shape index (κ2) is 5.92. The van der Waals surface area contributed by atoms with Gasteiger partial charge in [0.05, 0.1) is 5.02 Å². The molecule has 0 bridgehead atoms. The van der Waals surface area contributed by atoms with E-state index >= 15 is 0 Å². The number of hydrogen-bond acceptors (Lipinski definition) is 1. The van der Waals surface area contributed by atoms with Gasteiger partial charge in [0.15, 0.2) is 0 Å². The lowest BCUT2D eigenvalue weighted by Gasteiger charge is -2.06. The molecule has 0 atom stereocenters. The lowest BCUT2D eigenvalue weighted by molar-refractivity contribution is 0.102. The van der Waals surface area contributed by atoms with Crippen LogP contribution >= 0.6 is 27.5 Å². The van der Waals surface area contributed by atoms with E-state index in [2.05, 4.69) is 27.2 Å². The molecule has 0 saturated carbocycles. The van der Waals surface area contributed by atoms with E-state index in [9.17, 15) is 4.79 Å². The van der Waals surface area contributed by atoms with Crippen LogP contribution in [0, 0.1) is 12.3 Å². The summed E-state index contributed by atoms with van der Waals surface area (Å²) in [4.78, 5) is 12.1. The molecule has 1 N–H and O–H groups in total. The van der Waals surface area contributed by atoms with Gasteiger partial charge in [-0.25, -0.2) is 0 Å². The van der Waals surface area contributed by atoms with Crippen LogP contribution in [-0.2, 0) is 0 Å². The molecule has 2 rings (SSSR count). The number of carbonyl (C=O) groups is 1. The lowest BCUT2D eigenvalue weighted by Crippen LogP contribution is -2.11. The van der Waals surface area contributed by atoms with Gasteiger partial charge in [0.25, 0.3) is 5.91 Å². The minimum Gasteiger partial charge on any atom is -0.322 e. The van der Waals surface area contributed by atoms with Crippen LogP contribution in [0.2, 0.25) is 5.02 Å². The van der Waals surface area contributed by atoms with E-state index in [1.807, 2.05) is 0 Å². The Morgan fingerprint density at radius 2 is 2.05 bits per heavy atom. The Kier molecular flexibility index (Phi) is 4.26. The van der Waals surface area contributed by atoms with E-state index in [-0.39, 0.29) is 5.91 Å². The van der Waals surface area contributed by atoms with Gasteiger partial charge in [0.1, 0.15) is 0 Å². The molecule has 0 unspecified atom stereocenters. The molecule has 19 heavy (non-hydrogen) atoms. The first-order valence-electron chi connectivity index (χ1n) is 5.43. The second-order valence-electron chi connectivity index (χ2n) is 3.81. The summed E-state index contributed by atoms with van der Waals surface area (Å²) >= 11 is 9.17. The molecule has 0 radical (unpaired) electrons. The highest BCUT2D eigenvalue weighted by molar-refractivity contribution is 9.10. The average Bonchev–Trinajstić information content (AvgIpc) is 2.42. The quantitative estimate of drug-likeness (QED) is 0.814. The Morgan fingerprint density at radius 3 is 2.74 bits per heavy atom. The Balaban J connectivity index is 2.21. The van der Waals surface area contributed by atoms with Crippen molar-refractivity contribution in [3.63, 3.8) is 0 Å². The van der Waals surface area contributed by atoms with Crippen LogP contribution in [-0.4, -0.2) is 5.91 Å². The summed E-state index contributed by atoms with van der Waals surface area (Å²) in [6.07, 6.45) is 5.31. The van der Waals surface area contributed by atoms with Crippen molar-refractivity contribution in [1.29, 1.82) is 0 Å². The third kappa shape index (κ3) is 3.37. The number of rotatable bonds is 2. The molecule has 0 aliphatic carbocycles. The van der Waals surface area contributed by atoms with E-state index in [1.54, 1.807) is 42.5 Å². The number of amides is 1. The highest BCUT2D eigenvalue weighted by Gasteiger charge is 2.08. The van der Waals surface area contributed by atoms with Gasteiger partial charge in [0.2, 0.25) is 0 Å². The van der Waals surface area contributed by atoms with Crippen molar-refractivity contribution in [2.45, 2.75) is 0 Å². The number of terminal acetylenes is 1. The minimum atomic E-state index is -0.216. The summed E-state index contributed by atoms with van der Waals surface area (Å²) in [7, 11) is 0. The summed E-state index contributed by atoms with van der Waals surface area (Å²) in [6, 6.07) is 12.1. The lowest BCUT2D eigenvalue weighted by atomic mass is 10.2. The van der Waals surface area contributed by atoms with Gasteiger partial charge in [-0.1, -0.05) is 23.6 Å². The van der Waals surface area contributed by atoms with Crippen molar-refractivity contribution in [3.05, 3.63) is 63.1 Å². The van der Waals surface area contributed by atoms with Gasteiger partial charge in [0, 0.05) is 21.3 Å². The number of nitrogens with one attached hydrogen (secondary N) is 1. The molecule has 0 aromatic heterocycles. The molecular formula is C15H9BrClNO. The van der Waals surface area contributed by atoms with Crippen LogP contribution in [0.15, 0.2) is 46.9 Å². The van der Waals surface area contributed by atoms with Gasteiger partial charge in [-0.05, 0) is 52.3 Å². The number of halogens is 2. The van der Waals surface area contributed by atoms with Crippen LogP contribution in [0.3, 0.4) is 0 Å². The Morgan fingerprint density at radius 1 is 1.26 bits per heavy atom. The van der Waals surface area contributed by atoms with Crippen molar-refractivity contribution in [2.75, 3.05) is 5.32 Å². The maximum atomic E-state index is 12.1. The van der Waals surface area contributed by atoms with Crippen molar-refractivity contribution in [3.8, 4) is 12.3 Å². The Labute approximate surface area is 124 Å². The fourth-order valence-electron chi connectivity index (χ4n) is 1.53. The first kappa shape index (κ1) is 13.7. The number of anilines is 1. The zero-order valence-corrected chi connectivity index (χ0v) is 12.1. The van der Waals surface area contributed by atoms with E-state index in [0.29, 0.717) is 20.7 Å². The summed E-state index contributed by atoms with van der Waals surface area (Å²) in [6.45, 7) is 0. The van der Waals surface area contributed by atoms with E-state index in [0.717, 1.165) is 5.56 Å².